The molecular weight excluding hydrogens is 228 g/mol. The molecule has 1 saturated carbocycles. The number of hydrogen-bond acceptors (Lipinski definition) is 2. The first kappa shape index (κ1) is 11.3. The lowest BCUT2D eigenvalue weighted by molar-refractivity contribution is 0.0699. The molecule has 0 bridgehead atoms. The van der Waals surface area contributed by atoms with Crippen LogP contribution in [0.3, 0.4) is 0 Å². The number of rotatable bonds is 3. The summed E-state index contributed by atoms with van der Waals surface area (Å²) in [6.07, 6.45) is 4.26. The molecule has 1 aromatic heterocycles. The summed E-state index contributed by atoms with van der Waals surface area (Å²) in [6, 6.07) is 5.33. The second-order valence-corrected chi connectivity index (χ2v) is 5.52. The van der Waals surface area contributed by atoms with E-state index in [0.29, 0.717) is 11.4 Å². The summed E-state index contributed by atoms with van der Waals surface area (Å²) >= 11 is 0. The third-order valence-electron chi connectivity index (χ3n) is 4.00. The van der Waals surface area contributed by atoms with Crippen LogP contribution >= 0.6 is 0 Å². The molecule has 0 amide bonds. The van der Waals surface area contributed by atoms with Crippen molar-refractivity contribution in [3.05, 3.63) is 30.1 Å². The van der Waals surface area contributed by atoms with Gasteiger partial charge in [0.05, 0.1) is 17.4 Å². The zero-order valence-electron chi connectivity index (χ0n) is 10.6. The Balaban J connectivity index is 2.21. The summed E-state index contributed by atoms with van der Waals surface area (Å²) in [5.41, 5.74) is 1.77. The molecule has 0 aliphatic heterocycles. The molecule has 1 aromatic carbocycles. The molecule has 3 rings (SSSR count). The lowest BCUT2D eigenvalue weighted by atomic mass is 9.98. The van der Waals surface area contributed by atoms with Gasteiger partial charge >= 0.3 is 5.97 Å². The van der Waals surface area contributed by atoms with Crippen LogP contribution < -0.4 is 0 Å². The molecule has 4 heteroatoms. The van der Waals surface area contributed by atoms with E-state index in [1.807, 2.05) is 6.07 Å². The summed E-state index contributed by atoms with van der Waals surface area (Å²) in [5.74, 6) is -0.251. The van der Waals surface area contributed by atoms with Crippen molar-refractivity contribution in [2.24, 2.45) is 5.92 Å². The molecule has 1 fully saturated rings. The fourth-order valence-corrected chi connectivity index (χ4v) is 2.66. The SMILES string of the molecule is CC(C)(C1CC1)n1cnc2c(C(=O)O)cccc21. The van der Waals surface area contributed by atoms with E-state index in [4.69, 9.17) is 5.11 Å². The van der Waals surface area contributed by atoms with Gasteiger partial charge in [-0.25, -0.2) is 9.78 Å². The Morgan fingerprint density at radius 1 is 1.44 bits per heavy atom. The fraction of sp³-hybridized carbons (Fsp3) is 0.429. The predicted octanol–water partition coefficient (Wildman–Crippen LogP) is 2.88. The topological polar surface area (TPSA) is 55.1 Å². The first-order chi connectivity index (χ1) is 8.51. The second-order valence-electron chi connectivity index (χ2n) is 5.52. The number of fused-ring (bicyclic) bond motifs is 1. The molecule has 1 aliphatic carbocycles. The molecule has 1 N–H and O–H groups in total. The van der Waals surface area contributed by atoms with Crippen molar-refractivity contribution in [3.63, 3.8) is 0 Å². The average molecular weight is 244 g/mol. The summed E-state index contributed by atoms with van der Waals surface area (Å²) < 4.78 is 2.12. The lowest BCUT2D eigenvalue weighted by Crippen LogP contribution is -2.27. The average Bonchev–Trinajstić information content (AvgIpc) is 3.08. The number of hydrogen-bond donors (Lipinski definition) is 1. The number of para-hydroxylation sites is 1. The minimum atomic E-state index is -0.921. The minimum Gasteiger partial charge on any atom is -0.478 e. The van der Waals surface area contributed by atoms with Crippen LogP contribution in [-0.2, 0) is 5.54 Å². The van der Waals surface area contributed by atoms with Crippen molar-refractivity contribution in [1.82, 2.24) is 9.55 Å². The van der Waals surface area contributed by atoms with E-state index < -0.39 is 5.97 Å². The maximum atomic E-state index is 11.2. The number of carboxylic acid groups (broad SMARTS) is 1. The maximum Gasteiger partial charge on any atom is 0.337 e. The van der Waals surface area contributed by atoms with E-state index in [0.717, 1.165) is 5.52 Å². The minimum absolute atomic E-state index is 0.00583. The molecule has 94 valence electrons. The van der Waals surface area contributed by atoms with Gasteiger partial charge in [-0.05, 0) is 44.7 Å². The third-order valence-corrected chi connectivity index (χ3v) is 4.00. The molecule has 1 heterocycles. The fourth-order valence-electron chi connectivity index (χ4n) is 2.66. The van der Waals surface area contributed by atoms with E-state index in [1.54, 1.807) is 18.5 Å². The van der Waals surface area contributed by atoms with E-state index in [9.17, 15) is 4.79 Å². The number of carbonyl (C=O) groups is 1. The number of aromatic carboxylic acids is 1. The molecular formula is C14H16N2O2. The van der Waals surface area contributed by atoms with Gasteiger partial charge in [0, 0.05) is 5.54 Å². The van der Waals surface area contributed by atoms with Gasteiger partial charge in [-0.2, -0.15) is 0 Å². The summed E-state index contributed by atoms with van der Waals surface area (Å²) in [4.78, 5) is 15.5. The molecule has 18 heavy (non-hydrogen) atoms. The van der Waals surface area contributed by atoms with Crippen LogP contribution in [0.15, 0.2) is 24.5 Å². The highest BCUT2D eigenvalue weighted by Crippen LogP contribution is 2.44. The molecule has 1 aliphatic rings. The van der Waals surface area contributed by atoms with Crippen LogP contribution in [0.25, 0.3) is 11.0 Å². The Morgan fingerprint density at radius 3 is 2.78 bits per heavy atom. The number of imidazole rings is 1. The van der Waals surface area contributed by atoms with Crippen molar-refractivity contribution < 1.29 is 9.90 Å². The molecule has 0 atom stereocenters. The van der Waals surface area contributed by atoms with Gasteiger partial charge < -0.3 is 9.67 Å². The summed E-state index contributed by atoms with van der Waals surface area (Å²) in [6.45, 7) is 4.39. The standard InChI is InChI=1S/C14H16N2O2/c1-14(2,9-6-7-9)16-8-15-12-10(13(17)18)4-3-5-11(12)16/h3-5,8-9H,6-7H2,1-2H3,(H,17,18). The van der Waals surface area contributed by atoms with Crippen LogP contribution in [0.4, 0.5) is 0 Å². The molecule has 0 saturated heterocycles. The van der Waals surface area contributed by atoms with Crippen LogP contribution in [-0.4, -0.2) is 20.6 Å². The van der Waals surface area contributed by atoms with E-state index in [2.05, 4.69) is 23.4 Å². The second kappa shape index (κ2) is 3.57. The van der Waals surface area contributed by atoms with Gasteiger partial charge in [0.1, 0.15) is 5.52 Å². The largest absolute Gasteiger partial charge is 0.478 e. The smallest absolute Gasteiger partial charge is 0.337 e. The summed E-state index contributed by atoms with van der Waals surface area (Å²) in [5, 5.41) is 9.17. The van der Waals surface area contributed by atoms with Gasteiger partial charge in [0.25, 0.3) is 0 Å². The van der Waals surface area contributed by atoms with Gasteiger partial charge in [-0.15, -0.1) is 0 Å². The van der Waals surface area contributed by atoms with Gasteiger partial charge in [0.15, 0.2) is 0 Å². The lowest BCUT2D eigenvalue weighted by Gasteiger charge is -2.27. The Bertz CT molecular complexity index is 624. The first-order valence-corrected chi connectivity index (χ1v) is 6.21. The van der Waals surface area contributed by atoms with Crippen LogP contribution in [0.1, 0.15) is 37.0 Å². The van der Waals surface area contributed by atoms with Crippen molar-refractivity contribution in [1.29, 1.82) is 0 Å². The third kappa shape index (κ3) is 1.52. The first-order valence-electron chi connectivity index (χ1n) is 6.21. The molecule has 0 unspecified atom stereocenters. The normalized spacial score (nSPS) is 16.1. The molecule has 2 aromatic rings. The number of carboxylic acids is 1. The molecule has 0 radical (unpaired) electrons. The van der Waals surface area contributed by atoms with Gasteiger partial charge in [0.2, 0.25) is 0 Å². The zero-order valence-corrected chi connectivity index (χ0v) is 10.6. The summed E-state index contributed by atoms with van der Waals surface area (Å²) in [7, 11) is 0. The highest BCUT2D eigenvalue weighted by atomic mass is 16.4. The quantitative estimate of drug-likeness (QED) is 0.903. The van der Waals surface area contributed by atoms with Crippen molar-refractivity contribution in [3.8, 4) is 0 Å². The van der Waals surface area contributed by atoms with Crippen LogP contribution in [0.2, 0.25) is 0 Å². The molecule has 4 nitrogen and oxygen atoms in total. The highest BCUT2D eigenvalue weighted by Gasteiger charge is 2.39. The van der Waals surface area contributed by atoms with Gasteiger partial charge in [-0.3, -0.25) is 0 Å². The number of benzene rings is 1. The van der Waals surface area contributed by atoms with Crippen molar-refractivity contribution >= 4 is 17.0 Å². The van der Waals surface area contributed by atoms with Crippen LogP contribution in [0, 0.1) is 5.92 Å². The predicted molar refractivity (Wildman–Crippen MR) is 68.7 cm³/mol. The van der Waals surface area contributed by atoms with Crippen LogP contribution in [0.5, 0.6) is 0 Å². The Labute approximate surface area is 105 Å². The Kier molecular flexibility index (Phi) is 2.24. The highest BCUT2D eigenvalue weighted by molar-refractivity contribution is 6.00. The van der Waals surface area contributed by atoms with Crippen molar-refractivity contribution in [2.45, 2.75) is 32.2 Å². The monoisotopic (exact) mass is 244 g/mol. The Hall–Kier alpha value is -1.84. The van der Waals surface area contributed by atoms with E-state index in [-0.39, 0.29) is 11.1 Å². The Morgan fingerprint density at radius 2 is 2.17 bits per heavy atom. The van der Waals surface area contributed by atoms with Crippen molar-refractivity contribution in [2.75, 3.05) is 0 Å². The van der Waals surface area contributed by atoms with Gasteiger partial charge in [-0.1, -0.05) is 6.07 Å². The zero-order chi connectivity index (χ0) is 12.9. The van der Waals surface area contributed by atoms with E-state index in [1.165, 1.54) is 12.8 Å². The number of nitrogens with zero attached hydrogens (tertiary/aromatic N) is 2. The maximum absolute atomic E-state index is 11.2. The van der Waals surface area contributed by atoms with E-state index >= 15 is 0 Å². The molecule has 0 spiro atoms. The number of aromatic nitrogens is 2.